The van der Waals surface area contributed by atoms with E-state index in [1.54, 1.807) is 26.0 Å². The van der Waals surface area contributed by atoms with Crippen LogP contribution in [-0.4, -0.2) is 35.0 Å². The lowest BCUT2D eigenvalue weighted by Crippen LogP contribution is -2.53. The Morgan fingerprint density at radius 2 is 1.75 bits per heavy atom. The lowest BCUT2D eigenvalue weighted by molar-refractivity contribution is -0.142. The summed E-state index contributed by atoms with van der Waals surface area (Å²) in [5, 5.41) is 14.3. The predicted octanol–water partition coefficient (Wildman–Crippen LogP) is 1.82. The van der Waals surface area contributed by atoms with Gasteiger partial charge in [0.25, 0.3) is 0 Å². The molecule has 0 aromatic heterocycles. The molecule has 130 valence electrons. The van der Waals surface area contributed by atoms with Gasteiger partial charge in [-0.2, -0.15) is 0 Å². The van der Waals surface area contributed by atoms with Gasteiger partial charge in [0.1, 0.15) is 12.1 Å². The molecule has 6 nitrogen and oxygen atoms in total. The summed E-state index contributed by atoms with van der Waals surface area (Å²) in [6.07, 6.45) is 3.66. The summed E-state index contributed by atoms with van der Waals surface area (Å²) in [5.74, 6) is -2.10. The number of carboxylic acid groups (broad SMARTS) is 1. The minimum absolute atomic E-state index is 0.150. The third-order valence-corrected chi connectivity index (χ3v) is 3.40. The zero-order valence-electron chi connectivity index (χ0n) is 14.2. The third-order valence-electron chi connectivity index (χ3n) is 3.40. The van der Waals surface area contributed by atoms with Crippen LogP contribution in [0.2, 0.25) is 0 Å². The number of hydrogen-bond acceptors (Lipinski definition) is 3. The van der Waals surface area contributed by atoms with Gasteiger partial charge in [-0.15, -0.1) is 0 Å². The van der Waals surface area contributed by atoms with E-state index in [0.717, 1.165) is 5.56 Å². The molecule has 0 aliphatic heterocycles. The van der Waals surface area contributed by atoms with Gasteiger partial charge < -0.3 is 15.7 Å². The smallest absolute Gasteiger partial charge is 0.326 e. The van der Waals surface area contributed by atoms with Crippen molar-refractivity contribution in [2.24, 2.45) is 5.92 Å². The highest BCUT2D eigenvalue weighted by Gasteiger charge is 2.27. The van der Waals surface area contributed by atoms with Crippen LogP contribution >= 0.6 is 0 Å². The molecule has 0 saturated heterocycles. The van der Waals surface area contributed by atoms with Gasteiger partial charge >= 0.3 is 5.97 Å². The zero-order chi connectivity index (χ0) is 18.1. The van der Waals surface area contributed by atoms with Gasteiger partial charge in [-0.1, -0.05) is 56.3 Å². The van der Waals surface area contributed by atoms with E-state index in [9.17, 15) is 19.5 Å². The van der Waals surface area contributed by atoms with Crippen LogP contribution in [0.4, 0.5) is 0 Å². The Morgan fingerprint density at radius 3 is 2.25 bits per heavy atom. The molecule has 3 N–H and O–H groups in total. The molecule has 6 heteroatoms. The molecule has 1 aromatic carbocycles. The molecule has 1 aromatic rings. The van der Waals surface area contributed by atoms with Crippen LogP contribution in [0.3, 0.4) is 0 Å². The molecular weight excluding hydrogens is 308 g/mol. The molecule has 0 aliphatic carbocycles. The van der Waals surface area contributed by atoms with Gasteiger partial charge in [0.2, 0.25) is 11.8 Å². The van der Waals surface area contributed by atoms with Crippen molar-refractivity contribution in [3.8, 4) is 0 Å². The Hall–Kier alpha value is -2.63. The zero-order valence-corrected chi connectivity index (χ0v) is 14.2. The third kappa shape index (κ3) is 6.64. The highest BCUT2D eigenvalue weighted by atomic mass is 16.4. The van der Waals surface area contributed by atoms with Gasteiger partial charge in [0.15, 0.2) is 0 Å². The molecule has 2 amide bonds. The second-order valence-corrected chi connectivity index (χ2v) is 5.87. The topological polar surface area (TPSA) is 95.5 Å². The lowest BCUT2D eigenvalue weighted by Gasteiger charge is -2.23. The van der Waals surface area contributed by atoms with E-state index in [4.69, 9.17) is 0 Å². The fraction of sp³-hybridized carbons (Fsp3) is 0.389. The SMILES string of the molecule is CC(=O)N[C@@H](C(=O)N[C@@H](C/C=C/c1ccccc1)C(=O)O)C(C)C. The van der Waals surface area contributed by atoms with E-state index in [1.807, 2.05) is 30.3 Å². The van der Waals surface area contributed by atoms with Gasteiger partial charge in [0.05, 0.1) is 0 Å². The summed E-state index contributed by atoms with van der Waals surface area (Å²) >= 11 is 0. The Balaban J connectivity index is 2.71. The van der Waals surface area contributed by atoms with Gasteiger partial charge in [-0.05, 0) is 17.9 Å². The first kappa shape index (κ1) is 19.4. The van der Waals surface area contributed by atoms with E-state index >= 15 is 0 Å². The van der Waals surface area contributed by atoms with Crippen LogP contribution in [0.15, 0.2) is 36.4 Å². The molecule has 0 saturated carbocycles. The molecule has 1 rings (SSSR count). The highest BCUT2D eigenvalue weighted by Crippen LogP contribution is 2.06. The Morgan fingerprint density at radius 1 is 1.12 bits per heavy atom. The van der Waals surface area contributed by atoms with Gasteiger partial charge in [0, 0.05) is 6.92 Å². The van der Waals surface area contributed by atoms with Crippen LogP contribution in [0.1, 0.15) is 32.8 Å². The number of amides is 2. The first-order valence-electron chi connectivity index (χ1n) is 7.83. The summed E-state index contributed by atoms with van der Waals surface area (Å²) in [6, 6.07) is 7.65. The van der Waals surface area contributed by atoms with Crippen molar-refractivity contribution in [3.63, 3.8) is 0 Å². The van der Waals surface area contributed by atoms with Gasteiger partial charge in [-0.3, -0.25) is 9.59 Å². The second-order valence-electron chi connectivity index (χ2n) is 5.87. The minimum atomic E-state index is -1.12. The molecule has 0 spiro atoms. The fourth-order valence-electron chi connectivity index (χ4n) is 2.14. The predicted molar refractivity (Wildman–Crippen MR) is 92.1 cm³/mol. The van der Waals surface area contributed by atoms with E-state index in [2.05, 4.69) is 10.6 Å². The Kier molecular flexibility index (Phi) is 7.68. The number of benzene rings is 1. The maximum Gasteiger partial charge on any atom is 0.326 e. The van der Waals surface area contributed by atoms with E-state index in [0.29, 0.717) is 0 Å². The summed E-state index contributed by atoms with van der Waals surface area (Å²) in [6.45, 7) is 4.89. The molecule has 24 heavy (non-hydrogen) atoms. The number of aliphatic carboxylic acids is 1. The van der Waals surface area contributed by atoms with Crippen LogP contribution < -0.4 is 10.6 Å². The number of hydrogen-bond donors (Lipinski definition) is 3. The normalized spacial score (nSPS) is 13.5. The van der Waals surface area contributed by atoms with Crippen molar-refractivity contribution < 1.29 is 19.5 Å². The van der Waals surface area contributed by atoms with Crippen LogP contribution in [0, 0.1) is 5.92 Å². The van der Waals surface area contributed by atoms with Crippen molar-refractivity contribution in [1.82, 2.24) is 10.6 Å². The van der Waals surface area contributed by atoms with Gasteiger partial charge in [-0.25, -0.2) is 4.79 Å². The number of nitrogens with one attached hydrogen (secondary N) is 2. The van der Waals surface area contributed by atoms with Crippen molar-refractivity contribution in [2.45, 2.75) is 39.3 Å². The van der Waals surface area contributed by atoms with Crippen molar-refractivity contribution in [3.05, 3.63) is 42.0 Å². The van der Waals surface area contributed by atoms with Crippen LogP contribution in [0.25, 0.3) is 6.08 Å². The minimum Gasteiger partial charge on any atom is -0.480 e. The molecule has 0 heterocycles. The van der Waals surface area contributed by atoms with E-state index in [-0.39, 0.29) is 18.2 Å². The van der Waals surface area contributed by atoms with Crippen molar-refractivity contribution >= 4 is 23.9 Å². The number of carbonyl (C=O) groups excluding carboxylic acids is 2. The van der Waals surface area contributed by atoms with E-state index in [1.165, 1.54) is 6.92 Å². The van der Waals surface area contributed by atoms with Crippen molar-refractivity contribution in [1.29, 1.82) is 0 Å². The standard InChI is InChI=1S/C18H24N2O4/c1-12(2)16(19-13(3)21)17(22)20-15(18(23)24)11-7-10-14-8-5-4-6-9-14/h4-10,12,15-16H,11H2,1-3H3,(H,19,21)(H,20,22)(H,23,24)/b10-7+/t15-,16+/m0/s1. The Bertz CT molecular complexity index is 596. The molecular formula is C18H24N2O4. The fourth-order valence-corrected chi connectivity index (χ4v) is 2.14. The highest BCUT2D eigenvalue weighted by molar-refractivity contribution is 5.90. The van der Waals surface area contributed by atoms with Crippen LogP contribution in [-0.2, 0) is 14.4 Å². The summed E-state index contributed by atoms with van der Waals surface area (Å²) < 4.78 is 0. The monoisotopic (exact) mass is 332 g/mol. The maximum absolute atomic E-state index is 12.3. The quantitative estimate of drug-likeness (QED) is 0.676. The Labute approximate surface area is 141 Å². The summed E-state index contributed by atoms with van der Waals surface area (Å²) in [7, 11) is 0. The largest absolute Gasteiger partial charge is 0.480 e. The molecule has 2 atom stereocenters. The average molecular weight is 332 g/mol. The summed E-state index contributed by atoms with van der Waals surface area (Å²) in [5.41, 5.74) is 0.950. The average Bonchev–Trinajstić information content (AvgIpc) is 2.51. The molecule has 0 unspecified atom stereocenters. The van der Waals surface area contributed by atoms with Crippen molar-refractivity contribution in [2.75, 3.05) is 0 Å². The first-order chi connectivity index (χ1) is 11.3. The molecule has 0 fully saturated rings. The molecule has 0 radical (unpaired) electrons. The molecule has 0 bridgehead atoms. The van der Waals surface area contributed by atoms with Crippen LogP contribution in [0.5, 0.6) is 0 Å². The number of carboxylic acids is 1. The first-order valence-corrected chi connectivity index (χ1v) is 7.83. The number of rotatable bonds is 8. The molecule has 0 aliphatic rings. The van der Waals surface area contributed by atoms with E-state index < -0.39 is 24.0 Å². The summed E-state index contributed by atoms with van der Waals surface area (Å²) in [4.78, 5) is 34.8. The number of carbonyl (C=O) groups is 3. The second kappa shape index (κ2) is 9.50. The maximum atomic E-state index is 12.3. The lowest BCUT2D eigenvalue weighted by atomic mass is 10.0.